The lowest BCUT2D eigenvalue weighted by Crippen LogP contribution is -2.52. The van der Waals surface area contributed by atoms with Crippen molar-refractivity contribution in [2.45, 2.75) is 36.9 Å². The monoisotopic (exact) mass is 290 g/mol. The molecule has 5 nitrogen and oxygen atoms in total. The first-order chi connectivity index (χ1) is 10.1. The summed E-state index contributed by atoms with van der Waals surface area (Å²) in [6, 6.07) is 8.68. The zero-order chi connectivity index (χ0) is 15.0. The first-order valence-corrected chi connectivity index (χ1v) is 6.94. The molecule has 0 radical (unpaired) electrons. The number of aliphatic hydroxyl groups is 1. The van der Waals surface area contributed by atoms with Gasteiger partial charge in [-0.1, -0.05) is 24.8 Å². The lowest BCUT2D eigenvalue weighted by molar-refractivity contribution is -0.173. The number of aliphatic hydroxyl groups excluding tert-OH is 1. The third kappa shape index (κ3) is 2.18. The van der Waals surface area contributed by atoms with Crippen LogP contribution in [0, 0.1) is 0 Å². The summed E-state index contributed by atoms with van der Waals surface area (Å²) in [5.41, 5.74) is -0.618. The SMILES string of the molecule is C=C[C@H](OC(=O)c1ccccc1)[C@@]12CO[C@@H]([C@H](C)O1)[C@@H]2O. The van der Waals surface area contributed by atoms with E-state index in [1.165, 1.54) is 6.08 Å². The van der Waals surface area contributed by atoms with E-state index in [0.717, 1.165) is 0 Å². The molecule has 2 bridgehead atoms. The summed E-state index contributed by atoms with van der Waals surface area (Å²) >= 11 is 0. The fraction of sp³-hybridized carbons (Fsp3) is 0.438. The standard InChI is InChI=1S/C16H18O5/c1-3-12(20-15(18)11-7-5-4-6-8-11)16-9-19-13(14(16)17)10(2)21-16/h3-8,10,12-14,17H,1,9H2,2H3/t10-,12-,13-,14-,16+/m0/s1. The van der Waals surface area contributed by atoms with Gasteiger partial charge in [-0.15, -0.1) is 0 Å². The summed E-state index contributed by atoms with van der Waals surface area (Å²) in [6.07, 6.45) is -0.753. The van der Waals surface area contributed by atoms with Crippen LogP contribution < -0.4 is 0 Å². The van der Waals surface area contributed by atoms with Crippen LogP contribution >= 0.6 is 0 Å². The lowest BCUT2D eigenvalue weighted by Gasteiger charge is -2.34. The van der Waals surface area contributed by atoms with Gasteiger partial charge in [-0.05, 0) is 25.1 Å². The fourth-order valence-electron chi connectivity index (χ4n) is 3.01. The van der Waals surface area contributed by atoms with E-state index in [9.17, 15) is 9.90 Å². The Morgan fingerprint density at radius 3 is 2.76 bits per heavy atom. The van der Waals surface area contributed by atoms with E-state index in [1.54, 1.807) is 24.3 Å². The van der Waals surface area contributed by atoms with Crippen LogP contribution in [0.5, 0.6) is 0 Å². The van der Waals surface area contributed by atoms with Gasteiger partial charge in [0, 0.05) is 0 Å². The molecule has 2 fully saturated rings. The van der Waals surface area contributed by atoms with Crippen molar-refractivity contribution in [3.63, 3.8) is 0 Å². The molecule has 2 saturated heterocycles. The molecular weight excluding hydrogens is 272 g/mol. The Morgan fingerprint density at radius 2 is 2.24 bits per heavy atom. The highest BCUT2D eigenvalue weighted by Gasteiger charge is 2.63. The third-order valence-electron chi connectivity index (χ3n) is 4.12. The molecule has 1 aromatic carbocycles. The van der Waals surface area contributed by atoms with Crippen LogP contribution in [0.1, 0.15) is 17.3 Å². The second kappa shape index (κ2) is 5.26. The van der Waals surface area contributed by atoms with Crippen LogP contribution in [-0.2, 0) is 14.2 Å². The van der Waals surface area contributed by atoms with Gasteiger partial charge in [0.15, 0.2) is 11.7 Å². The van der Waals surface area contributed by atoms with E-state index in [4.69, 9.17) is 14.2 Å². The second-order valence-electron chi connectivity index (χ2n) is 5.43. The Hall–Kier alpha value is -1.69. The third-order valence-corrected chi connectivity index (χ3v) is 4.12. The number of rotatable bonds is 4. The normalized spacial score (nSPS) is 35.4. The summed E-state index contributed by atoms with van der Waals surface area (Å²) in [5, 5.41) is 10.3. The number of benzene rings is 1. The molecule has 3 rings (SSSR count). The van der Waals surface area contributed by atoms with Crippen LogP contribution in [0.25, 0.3) is 0 Å². The lowest BCUT2D eigenvalue weighted by atomic mass is 9.92. The predicted octanol–water partition coefficient (Wildman–Crippen LogP) is 1.32. The van der Waals surface area contributed by atoms with Gasteiger partial charge in [0.2, 0.25) is 0 Å². The predicted molar refractivity (Wildman–Crippen MR) is 74.9 cm³/mol. The molecule has 2 aliphatic rings. The first kappa shape index (κ1) is 14.3. The molecule has 5 atom stereocenters. The zero-order valence-electron chi connectivity index (χ0n) is 11.8. The van der Waals surface area contributed by atoms with Gasteiger partial charge in [0.25, 0.3) is 0 Å². The molecule has 5 heteroatoms. The summed E-state index contributed by atoms with van der Waals surface area (Å²) in [7, 11) is 0. The van der Waals surface area contributed by atoms with Crippen LogP contribution in [0.4, 0.5) is 0 Å². The van der Waals surface area contributed by atoms with Gasteiger partial charge >= 0.3 is 5.97 Å². The van der Waals surface area contributed by atoms with Gasteiger partial charge < -0.3 is 19.3 Å². The van der Waals surface area contributed by atoms with Gasteiger partial charge in [-0.3, -0.25) is 0 Å². The van der Waals surface area contributed by atoms with Gasteiger partial charge in [0.1, 0.15) is 12.2 Å². The molecule has 0 saturated carbocycles. The topological polar surface area (TPSA) is 65.0 Å². The van der Waals surface area contributed by atoms with Crippen LogP contribution in [0.3, 0.4) is 0 Å². The molecule has 2 heterocycles. The number of esters is 1. The van der Waals surface area contributed by atoms with Gasteiger partial charge in [0.05, 0.1) is 18.3 Å². The number of carbonyl (C=O) groups is 1. The Kier molecular flexibility index (Phi) is 3.57. The Bertz CT molecular complexity index is 543. The number of ether oxygens (including phenoxy) is 3. The molecule has 112 valence electrons. The number of hydrogen-bond donors (Lipinski definition) is 1. The second-order valence-corrected chi connectivity index (χ2v) is 5.43. The largest absolute Gasteiger partial charge is 0.451 e. The quantitative estimate of drug-likeness (QED) is 0.669. The average molecular weight is 290 g/mol. The van der Waals surface area contributed by atoms with Gasteiger partial charge in [-0.25, -0.2) is 4.79 Å². The maximum Gasteiger partial charge on any atom is 0.338 e. The summed E-state index contributed by atoms with van der Waals surface area (Å²) in [6.45, 7) is 5.71. The van der Waals surface area contributed by atoms with E-state index < -0.39 is 23.8 Å². The number of fused-ring (bicyclic) bond motifs is 2. The molecule has 1 N–H and O–H groups in total. The van der Waals surface area contributed by atoms with Crippen molar-refractivity contribution in [2.75, 3.05) is 6.61 Å². The molecule has 0 amide bonds. The first-order valence-electron chi connectivity index (χ1n) is 6.94. The zero-order valence-corrected chi connectivity index (χ0v) is 11.8. The Labute approximate surface area is 123 Å². The summed E-state index contributed by atoms with van der Waals surface area (Å²) in [4.78, 5) is 12.2. The van der Waals surface area contributed by atoms with E-state index in [1.807, 2.05) is 13.0 Å². The van der Waals surface area contributed by atoms with Crippen molar-refractivity contribution in [3.8, 4) is 0 Å². The smallest absolute Gasteiger partial charge is 0.338 e. The highest BCUT2D eigenvalue weighted by atomic mass is 16.7. The number of carbonyl (C=O) groups excluding carboxylic acids is 1. The van der Waals surface area contributed by atoms with Crippen molar-refractivity contribution in [2.24, 2.45) is 0 Å². The van der Waals surface area contributed by atoms with Crippen molar-refractivity contribution in [3.05, 3.63) is 48.6 Å². The molecule has 0 spiro atoms. The van der Waals surface area contributed by atoms with Crippen molar-refractivity contribution < 1.29 is 24.1 Å². The average Bonchev–Trinajstić information content (AvgIpc) is 2.95. The molecule has 0 aliphatic carbocycles. The van der Waals surface area contributed by atoms with E-state index in [0.29, 0.717) is 5.56 Å². The molecule has 21 heavy (non-hydrogen) atoms. The maximum atomic E-state index is 12.2. The minimum absolute atomic E-state index is 0.182. The minimum atomic E-state index is -1.06. The minimum Gasteiger partial charge on any atom is -0.451 e. The van der Waals surface area contributed by atoms with Gasteiger partial charge in [-0.2, -0.15) is 0 Å². The fourth-order valence-corrected chi connectivity index (χ4v) is 3.01. The summed E-state index contributed by atoms with van der Waals surface area (Å²) in [5.74, 6) is -0.478. The molecule has 0 aromatic heterocycles. The highest BCUT2D eigenvalue weighted by molar-refractivity contribution is 5.89. The number of hydrogen-bond acceptors (Lipinski definition) is 5. The summed E-state index contributed by atoms with van der Waals surface area (Å²) < 4.78 is 16.8. The molecule has 1 aromatic rings. The van der Waals surface area contributed by atoms with Crippen molar-refractivity contribution >= 4 is 5.97 Å². The molecular formula is C16H18O5. The Morgan fingerprint density at radius 1 is 1.52 bits per heavy atom. The highest BCUT2D eigenvalue weighted by Crippen LogP contribution is 2.43. The Balaban J connectivity index is 1.80. The molecule has 2 aliphatic heterocycles. The van der Waals surface area contributed by atoms with Crippen LogP contribution in [-0.4, -0.2) is 47.7 Å². The van der Waals surface area contributed by atoms with E-state index >= 15 is 0 Å². The van der Waals surface area contributed by atoms with Crippen LogP contribution in [0.15, 0.2) is 43.0 Å². The van der Waals surface area contributed by atoms with E-state index in [-0.39, 0.29) is 18.8 Å². The van der Waals surface area contributed by atoms with Crippen molar-refractivity contribution in [1.82, 2.24) is 0 Å². The maximum absolute atomic E-state index is 12.2. The van der Waals surface area contributed by atoms with Crippen molar-refractivity contribution in [1.29, 1.82) is 0 Å². The van der Waals surface area contributed by atoms with Crippen LogP contribution in [0.2, 0.25) is 0 Å². The van der Waals surface area contributed by atoms with E-state index in [2.05, 4.69) is 6.58 Å². The molecule has 0 unspecified atom stereocenters.